The Bertz CT molecular complexity index is 1030. The van der Waals surface area contributed by atoms with Crippen molar-refractivity contribution in [3.8, 4) is 5.69 Å². The predicted octanol–water partition coefficient (Wildman–Crippen LogP) is 3.97. The van der Waals surface area contributed by atoms with Crippen LogP contribution >= 0.6 is 0 Å². The summed E-state index contributed by atoms with van der Waals surface area (Å²) in [6.07, 6.45) is 1.83. The minimum absolute atomic E-state index is 0.323. The van der Waals surface area contributed by atoms with E-state index in [2.05, 4.69) is 15.6 Å². The van der Waals surface area contributed by atoms with Gasteiger partial charge in [0, 0.05) is 5.69 Å². The first-order valence-electron chi connectivity index (χ1n) is 7.31. The van der Waals surface area contributed by atoms with Crippen LogP contribution in [0, 0.1) is 0 Å². The second-order valence-corrected chi connectivity index (χ2v) is 5.34. The quantitative estimate of drug-likeness (QED) is 0.526. The van der Waals surface area contributed by atoms with Crippen LogP contribution in [0.1, 0.15) is 10.4 Å². The van der Waals surface area contributed by atoms with Gasteiger partial charge in [-0.1, -0.05) is 24.3 Å². The average Bonchev–Trinajstić information content (AvgIpc) is 3.04. The molecule has 0 saturated heterocycles. The van der Waals surface area contributed by atoms with Gasteiger partial charge in [-0.25, -0.2) is 9.78 Å². The Hall–Kier alpha value is -3.14. The summed E-state index contributed by atoms with van der Waals surface area (Å²) < 4.78 is 6.82. The minimum atomic E-state index is -0.323. The summed E-state index contributed by atoms with van der Waals surface area (Å²) in [4.78, 5) is 16.0. The fourth-order valence-corrected chi connectivity index (χ4v) is 2.79. The lowest BCUT2D eigenvalue weighted by Crippen LogP contribution is -2.00. The van der Waals surface area contributed by atoms with Crippen molar-refractivity contribution in [3.05, 3.63) is 72.6 Å². The Kier molecular flexibility index (Phi) is 3.08. The number of benzene rings is 3. The van der Waals surface area contributed by atoms with Crippen molar-refractivity contribution >= 4 is 27.8 Å². The summed E-state index contributed by atoms with van der Waals surface area (Å²) in [6, 6.07) is 19.7. The molecule has 1 heterocycles. The van der Waals surface area contributed by atoms with E-state index < -0.39 is 0 Å². The SMILES string of the molecule is COC(=O)c1ccc2cc(-n3cnc4ccccc43)ccc2c1. The summed E-state index contributed by atoms with van der Waals surface area (Å²) in [5.41, 5.74) is 3.63. The van der Waals surface area contributed by atoms with Gasteiger partial charge in [0.25, 0.3) is 0 Å². The molecule has 4 rings (SSSR count). The van der Waals surface area contributed by atoms with E-state index in [1.54, 1.807) is 6.07 Å². The molecule has 23 heavy (non-hydrogen) atoms. The molecule has 4 aromatic rings. The van der Waals surface area contributed by atoms with E-state index in [-0.39, 0.29) is 5.97 Å². The Morgan fingerprint density at radius 3 is 2.65 bits per heavy atom. The van der Waals surface area contributed by atoms with Crippen LogP contribution in [-0.2, 0) is 4.74 Å². The largest absolute Gasteiger partial charge is 0.465 e. The average molecular weight is 302 g/mol. The number of hydrogen-bond donors (Lipinski definition) is 0. The van der Waals surface area contributed by atoms with Crippen LogP contribution in [0.5, 0.6) is 0 Å². The van der Waals surface area contributed by atoms with Gasteiger partial charge in [0.15, 0.2) is 0 Å². The van der Waals surface area contributed by atoms with Crippen molar-refractivity contribution in [3.63, 3.8) is 0 Å². The summed E-state index contributed by atoms with van der Waals surface area (Å²) in [7, 11) is 1.39. The van der Waals surface area contributed by atoms with Crippen molar-refractivity contribution in [1.29, 1.82) is 0 Å². The monoisotopic (exact) mass is 302 g/mol. The maximum Gasteiger partial charge on any atom is 0.337 e. The molecule has 0 amide bonds. The summed E-state index contributed by atoms with van der Waals surface area (Å²) in [6.45, 7) is 0. The maximum absolute atomic E-state index is 11.6. The Morgan fingerprint density at radius 2 is 1.78 bits per heavy atom. The molecule has 4 nitrogen and oxygen atoms in total. The minimum Gasteiger partial charge on any atom is -0.465 e. The number of carbonyl (C=O) groups is 1. The van der Waals surface area contributed by atoms with Gasteiger partial charge in [0.1, 0.15) is 6.33 Å². The number of fused-ring (bicyclic) bond motifs is 2. The molecule has 0 radical (unpaired) electrons. The van der Waals surface area contributed by atoms with Crippen molar-refractivity contribution in [2.75, 3.05) is 7.11 Å². The first-order valence-corrected chi connectivity index (χ1v) is 7.31. The van der Waals surface area contributed by atoms with Crippen LogP contribution < -0.4 is 0 Å². The molecule has 4 heteroatoms. The van der Waals surface area contributed by atoms with Crippen molar-refractivity contribution in [2.45, 2.75) is 0 Å². The molecule has 0 spiro atoms. The molecule has 0 saturated carbocycles. The Balaban J connectivity index is 1.84. The van der Waals surface area contributed by atoms with Crippen molar-refractivity contribution < 1.29 is 9.53 Å². The number of carbonyl (C=O) groups excluding carboxylic acids is 1. The predicted molar refractivity (Wildman–Crippen MR) is 89.9 cm³/mol. The number of ether oxygens (including phenoxy) is 1. The number of rotatable bonds is 2. The fraction of sp³-hybridized carbons (Fsp3) is 0.0526. The number of hydrogen-bond acceptors (Lipinski definition) is 3. The second kappa shape index (κ2) is 5.25. The highest BCUT2D eigenvalue weighted by atomic mass is 16.5. The van der Waals surface area contributed by atoms with Gasteiger partial charge < -0.3 is 4.74 Å². The highest BCUT2D eigenvalue weighted by Gasteiger charge is 2.08. The third kappa shape index (κ3) is 2.25. The fourth-order valence-electron chi connectivity index (χ4n) is 2.79. The summed E-state index contributed by atoms with van der Waals surface area (Å²) >= 11 is 0. The van der Waals surface area contributed by atoms with E-state index in [1.165, 1.54) is 7.11 Å². The molecular weight excluding hydrogens is 288 g/mol. The van der Waals surface area contributed by atoms with Crippen LogP contribution in [0.25, 0.3) is 27.5 Å². The molecule has 0 N–H and O–H groups in total. The van der Waals surface area contributed by atoms with Gasteiger partial charge in [-0.3, -0.25) is 4.57 Å². The van der Waals surface area contributed by atoms with E-state index in [0.29, 0.717) is 5.56 Å². The molecule has 0 aliphatic carbocycles. The second-order valence-electron chi connectivity index (χ2n) is 5.34. The van der Waals surface area contributed by atoms with Crippen LogP contribution in [0.15, 0.2) is 67.0 Å². The van der Waals surface area contributed by atoms with E-state index >= 15 is 0 Å². The van der Waals surface area contributed by atoms with Gasteiger partial charge >= 0.3 is 5.97 Å². The van der Waals surface area contributed by atoms with Crippen LogP contribution in [0.3, 0.4) is 0 Å². The first kappa shape index (κ1) is 13.5. The zero-order chi connectivity index (χ0) is 15.8. The molecule has 1 aromatic heterocycles. The number of para-hydroxylation sites is 2. The normalized spacial score (nSPS) is 11.0. The molecule has 0 unspecified atom stereocenters. The molecule has 3 aromatic carbocycles. The zero-order valence-corrected chi connectivity index (χ0v) is 12.6. The zero-order valence-electron chi connectivity index (χ0n) is 12.6. The maximum atomic E-state index is 11.6. The molecule has 0 bridgehead atoms. The van der Waals surface area contributed by atoms with Crippen molar-refractivity contribution in [1.82, 2.24) is 9.55 Å². The molecule has 0 fully saturated rings. The van der Waals surface area contributed by atoms with Crippen LogP contribution in [-0.4, -0.2) is 22.6 Å². The third-order valence-corrected chi connectivity index (χ3v) is 3.98. The number of methoxy groups -OCH3 is 1. The van der Waals surface area contributed by atoms with Gasteiger partial charge in [-0.15, -0.1) is 0 Å². The lowest BCUT2D eigenvalue weighted by atomic mass is 10.1. The van der Waals surface area contributed by atoms with Gasteiger partial charge in [-0.2, -0.15) is 0 Å². The topological polar surface area (TPSA) is 44.1 Å². The molecule has 112 valence electrons. The van der Waals surface area contributed by atoms with Crippen molar-refractivity contribution in [2.24, 2.45) is 0 Å². The van der Waals surface area contributed by atoms with Crippen LogP contribution in [0.2, 0.25) is 0 Å². The highest BCUT2D eigenvalue weighted by molar-refractivity contribution is 5.96. The smallest absolute Gasteiger partial charge is 0.337 e. The van der Waals surface area contributed by atoms with E-state index in [9.17, 15) is 4.79 Å². The summed E-state index contributed by atoms with van der Waals surface area (Å²) in [5.74, 6) is -0.323. The van der Waals surface area contributed by atoms with E-state index in [0.717, 1.165) is 27.5 Å². The molecule has 0 aliphatic heterocycles. The lowest BCUT2D eigenvalue weighted by molar-refractivity contribution is 0.0601. The number of esters is 1. The Morgan fingerprint density at radius 1 is 1.00 bits per heavy atom. The van der Waals surface area contributed by atoms with E-state index in [4.69, 9.17) is 4.74 Å². The highest BCUT2D eigenvalue weighted by Crippen LogP contribution is 2.23. The molecule has 0 atom stereocenters. The molecule has 0 aliphatic rings. The number of aromatic nitrogens is 2. The first-order chi connectivity index (χ1) is 11.3. The van der Waals surface area contributed by atoms with Gasteiger partial charge in [0.2, 0.25) is 0 Å². The number of nitrogens with zero attached hydrogens (tertiary/aromatic N) is 2. The number of imidazole rings is 1. The third-order valence-electron chi connectivity index (χ3n) is 3.98. The summed E-state index contributed by atoms with van der Waals surface area (Å²) in [5, 5.41) is 2.06. The van der Waals surface area contributed by atoms with Gasteiger partial charge in [0.05, 0.1) is 23.7 Å². The van der Waals surface area contributed by atoms with E-state index in [1.807, 2.05) is 54.9 Å². The lowest BCUT2D eigenvalue weighted by Gasteiger charge is -2.07. The Labute approximate surface area is 132 Å². The van der Waals surface area contributed by atoms with Crippen LogP contribution in [0.4, 0.5) is 0 Å². The standard InChI is InChI=1S/C19H14N2O2/c1-23-19(22)15-7-6-14-11-16(9-8-13(14)10-15)21-12-20-17-4-2-3-5-18(17)21/h2-12H,1H3. The van der Waals surface area contributed by atoms with Gasteiger partial charge in [-0.05, 0) is 47.2 Å². The molecular formula is C19H14N2O2.